The molecule has 0 N–H and O–H groups in total. The number of hydrogen-bond acceptors (Lipinski definition) is 5. The van der Waals surface area contributed by atoms with Crippen LogP contribution in [-0.2, 0) is 9.53 Å². The summed E-state index contributed by atoms with van der Waals surface area (Å²) < 4.78 is 21.0. The van der Waals surface area contributed by atoms with Crippen molar-refractivity contribution >= 4 is 32.9 Å². The minimum atomic E-state index is -0.991. The zero-order valence-corrected chi connectivity index (χ0v) is 15.7. The number of fused-ring (bicyclic) bond motifs is 1. The van der Waals surface area contributed by atoms with Crippen molar-refractivity contribution in [3.63, 3.8) is 0 Å². The zero-order valence-electron chi connectivity index (χ0n) is 14.1. The number of esters is 1. The topological polar surface area (TPSA) is 74.1 Å². The second kappa shape index (κ2) is 7.33. The van der Waals surface area contributed by atoms with E-state index in [9.17, 15) is 14.0 Å². The van der Waals surface area contributed by atoms with E-state index >= 15 is 0 Å². The summed E-state index contributed by atoms with van der Waals surface area (Å²) in [4.78, 5) is 33.8. The normalized spacial score (nSPS) is 12.2. The maximum atomic E-state index is 14.4. The van der Waals surface area contributed by atoms with Crippen LogP contribution in [0.25, 0.3) is 22.4 Å². The molecule has 2 aromatic heterocycles. The van der Waals surface area contributed by atoms with Gasteiger partial charge in [-0.05, 0) is 54.0 Å². The molecule has 0 fully saturated rings. The second-order valence-electron chi connectivity index (χ2n) is 5.52. The van der Waals surface area contributed by atoms with Gasteiger partial charge in [0.25, 0.3) is 5.56 Å². The van der Waals surface area contributed by atoms with Gasteiger partial charge in [-0.1, -0.05) is 12.1 Å². The lowest BCUT2D eigenvalue weighted by Crippen LogP contribution is -2.32. The van der Waals surface area contributed by atoms with Gasteiger partial charge < -0.3 is 4.74 Å². The largest absolute Gasteiger partial charge is 0.464 e. The Morgan fingerprint density at radius 2 is 2.00 bits per heavy atom. The quantitative estimate of drug-likeness (QED) is 0.477. The van der Waals surface area contributed by atoms with Crippen molar-refractivity contribution in [1.82, 2.24) is 14.5 Å². The standard InChI is InChI=1S/C18H15BrFN3O3/c1-3-26-18(25)10(2)23-16(11-6-4-5-7-12(11)20)21-13-8-9-14(19)22-15(13)17(23)24/h4-10H,3H2,1-2H3. The minimum Gasteiger partial charge on any atom is -0.464 e. The van der Waals surface area contributed by atoms with Crippen molar-refractivity contribution in [1.29, 1.82) is 0 Å². The van der Waals surface area contributed by atoms with Gasteiger partial charge >= 0.3 is 5.97 Å². The zero-order chi connectivity index (χ0) is 18.8. The molecular formula is C18H15BrFN3O3. The Morgan fingerprint density at radius 3 is 2.69 bits per heavy atom. The first-order valence-electron chi connectivity index (χ1n) is 7.94. The van der Waals surface area contributed by atoms with Crippen LogP contribution in [0.5, 0.6) is 0 Å². The molecule has 0 saturated heterocycles. The van der Waals surface area contributed by atoms with Crippen molar-refractivity contribution in [2.24, 2.45) is 0 Å². The van der Waals surface area contributed by atoms with E-state index in [2.05, 4.69) is 25.9 Å². The van der Waals surface area contributed by atoms with Gasteiger partial charge in [-0.25, -0.2) is 19.2 Å². The summed E-state index contributed by atoms with van der Waals surface area (Å²) in [6.45, 7) is 3.34. The maximum absolute atomic E-state index is 14.4. The molecule has 26 heavy (non-hydrogen) atoms. The SMILES string of the molecule is CCOC(=O)C(C)n1c(-c2ccccc2F)nc2ccc(Br)nc2c1=O. The number of ether oxygens (including phenoxy) is 1. The Bertz CT molecular complexity index is 1050. The summed E-state index contributed by atoms with van der Waals surface area (Å²) in [5.41, 5.74) is -0.0416. The average molecular weight is 420 g/mol. The van der Waals surface area contributed by atoms with Gasteiger partial charge in [0.15, 0.2) is 5.52 Å². The van der Waals surface area contributed by atoms with Crippen molar-refractivity contribution in [2.75, 3.05) is 6.61 Å². The number of carbonyl (C=O) groups is 1. The van der Waals surface area contributed by atoms with Crippen LogP contribution in [0.1, 0.15) is 19.9 Å². The molecule has 8 heteroatoms. The maximum Gasteiger partial charge on any atom is 0.329 e. The molecule has 0 spiro atoms. The number of hydrogen-bond donors (Lipinski definition) is 0. The summed E-state index contributed by atoms with van der Waals surface area (Å²) in [5.74, 6) is -1.11. The van der Waals surface area contributed by atoms with E-state index in [1.165, 1.54) is 25.1 Å². The monoisotopic (exact) mass is 419 g/mol. The van der Waals surface area contributed by atoms with Crippen LogP contribution in [-0.4, -0.2) is 27.1 Å². The molecule has 0 aliphatic carbocycles. The molecule has 0 aliphatic heterocycles. The van der Waals surface area contributed by atoms with Crippen LogP contribution in [0, 0.1) is 5.82 Å². The third-order valence-electron chi connectivity index (χ3n) is 3.85. The molecule has 0 bridgehead atoms. The Kier molecular flexibility index (Phi) is 5.13. The van der Waals surface area contributed by atoms with Crippen LogP contribution in [0.2, 0.25) is 0 Å². The van der Waals surface area contributed by atoms with Crippen LogP contribution >= 0.6 is 15.9 Å². The number of nitrogens with zero attached hydrogens (tertiary/aromatic N) is 3. The van der Waals surface area contributed by atoms with Gasteiger partial charge in [0.05, 0.1) is 17.7 Å². The second-order valence-corrected chi connectivity index (χ2v) is 6.33. The Balaban J connectivity index is 2.36. The first-order valence-corrected chi connectivity index (χ1v) is 8.73. The van der Waals surface area contributed by atoms with Gasteiger partial charge in [0.2, 0.25) is 0 Å². The van der Waals surface area contributed by atoms with Gasteiger partial charge in [0.1, 0.15) is 22.3 Å². The van der Waals surface area contributed by atoms with Crippen molar-refractivity contribution in [3.05, 3.63) is 57.2 Å². The molecule has 0 saturated carbocycles. The summed E-state index contributed by atoms with van der Waals surface area (Å²) in [6, 6.07) is 8.20. The molecule has 0 amide bonds. The van der Waals surface area contributed by atoms with Gasteiger partial charge in [-0.3, -0.25) is 9.36 Å². The summed E-state index contributed by atoms with van der Waals surface area (Å²) in [7, 11) is 0. The van der Waals surface area contributed by atoms with Crippen LogP contribution in [0.3, 0.4) is 0 Å². The number of aromatic nitrogens is 3. The van der Waals surface area contributed by atoms with E-state index in [1.807, 2.05) is 0 Å². The molecule has 2 heterocycles. The number of halogens is 2. The highest BCUT2D eigenvalue weighted by Gasteiger charge is 2.25. The highest BCUT2D eigenvalue weighted by atomic mass is 79.9. The Morgan fingerprint density at radius 1 is 1.27 bits per heavy atom. The molecule has 0 aliphatic rings. The third kappa shape index (κ3) is 3.24. The van der Waals surface area contributed by atoms with E-state index < -0.39 is 23.4 Å². The average Bonchev–Trinajstić information content (AvgIpc) is 2.62. The van der Waals surface area contributed by atoms with E-state index in [0.717, 1.165) is 4.57 Å². The van der Waals surface area contributed by atoms with Gasteiger partial charge in [-0.2, -0.15) is 0 Å². The van der Waals surface area contributed by atoms with Crippen molar-refractivity contribution in [2.45, 2.75) is 19.9 Å². The fourth-order valence-electron chi connectivity index (χ4n) is 2.61. The molecule has 1 atom stereocenters. The highest BCUT2D eigenvalue weighted by molar-refractivity contribution is 9.10. The predicted octanol–water partition coefficient (Wildman–Crippen LogP) is 3.48. The van der Waals surface area contributed by atoms with E-state index in [-0.39, 0.29) is 23.5 Å². The number of rotatable bonds is 4. The van der Waals surface area contributed by atoms with E-state index in [1.54, 1.807) is 25.1 Å². The van der Waals surface area contributed by atoms with Gasteiger partial charge in [0, 0.05) is 0 Å². The van der Waals surface area contributed by atoms with E-state index in [4.69, 9.17) is 4.74 Å². The summed E-state index contributed by atoms with van der Waals surface area (Å²) >= 11 is 3.22. The van der Waals surface area contributed by atoms with Crippen molar-refractivity contribution < 1.29 is 13.9 Å². The highest BCUT2D eigenvalue weighted by Crippen LogP contribution is 2.25. The van der Waals surface area contributed by atoms with E-state index in [0.29, 0.717) is 10.1 Å². The number of pyridine rings is 1. The molecular weight excluding hydrogens is 405 g/mol. The summed E-state index contributed by atoms with van der Waals surface area (Å²) in [6.07, 6.45) is 0. The van der Waals surface area contributed by atoms with Gasteiger partial charge in [-0.15, -0.1) is 0 Å². The lowest BCUT2D eigenvalue weighted by molar-refractivity contribution is -0.146. The Labute approximate surface area is 156 Å². The van der Waals surface area contributed by atoms with Crippen molar-refractivity contribution in [3.8, 4) is 11.4 Å². The lowest BCUT2D eigenvalue weighted by atomic mass is 10.1. The summed E-state index contributed by atoms with van der Waals surface area (Å²) in [5, 5.41) is 0. The van der Waals surface area contributed by atoms with Crippen LogP contribution in [0.15, 0.2) is 45.8 Å². The molecule has 134 valence electrons. The fraction of sp³-hybridized carbons (Fsp3) is 0.222. The predicted molar refractivity (Wildman–Crippen MR) is 98.2 cm³/mol. The lowest BCUT2D eigenvalue weighted by Gasteiger charge is -2.18. The smallest absolute Gasteiger partial charge is 0.329 e. The molecule has 0 radical (unpaired) electrons. The molecule has 1 unspecified atom stereocenters. The third-order valence-corrected chi connectivity index (χ3v) is 4.29. The minimum absolute atomic E-state index is 0.0466. The first kappa shape index (κ1) is 18.2. The first-order chi connectivity index (χ1) is 12.4. The fourth-order valence-corrected chi connectivity index (χ4v) is 2.92. The number of carbonyl (C=O) groups excluding carboxylic acids is 1. The molecule has 3 aromatic rings. The molecule has 1 aromatic carbocycles. The van der Waals surface area contributed by atoms with Crippen LogP contribution in [0.4, 0.5) is 4.39 Å². The molecule has 6 nitrogen and oxygen atoms in total. The number of benzene rings is 1. The molecule has 3 rings (SSSR count). The Hall–Kier alpha value is -2.61. The van der Waals surface area contributed by atoms with Crippen LogP contribution < -0.4 is 5.56 Å².